The topological polar surface area (TPSA) is 67.4 Å². The SMILES string of the molecule is O=C(NCc1cccs1)N1CCC[C@H](Oc2cccnn2)C1. The van der Waals surface area contributed by atoms with Crippen molar-refractivity contribution in [3.8, 4) is 5.88 Å². The Bertz CT molecular complexity index is 591. The van der Waals surface area contributed by atoms with Crippen LogP contribution in [0.25, 0.3) is 0 Å². The van der Waals surface area contributed by atoms with E-state index in [0.29, 0.717) is 19.0 Å². The molecule has 0 aliphatic carbocycles. The second kappa shape index (κ2) is 7.22. The summed E-state index contributed by atoms with van der Waals surface area (Å²) in [6.45, 7) is 1.91. The monoisotopic (exact) mass is 318 g/mol. The number of rotatable bonds is 4. The number of aromatic nitrogens is 2. The Hall–Kier alpha value is -2.15. The quantitative estimate of drug-likeness (QED) is 0.939. The smallest absolute Gasteiger partial charge is 0.317 e. The molecular formula is C15H18N4O2S. The summed E-state index contributed by atoms with van der Waals surface area (Å²) in [7, 11) is 0. The molecule has 0 radical (unpaired) electrons. The first-order valence-corrected chi connectivity index (χ1v) is 8.19. The molecule has 6 nitrogen and oxygen atoms in total. The van der Waals surface area contributed by atoms with E-state index in [9.17, 15) is 4.79 Å². The van der Waals surface area contributed by atoms with Gasteiger partial charge in [0.1, 0.15) is 6.10 Å². The maximum atomic E-state index is 12.2. The first-order valence-electron chi connectivity index (χ1n) is 7.31. The molecule has 0 saturated carbocycles. The first kappa shape index (κ1) is 14.8. The fourth-order valence-corrected chi connectivity index (χ4v) is 3.07. The van der Waals surface area contributed by atoms with E-state index in [1.165, 1.54) is 0 Å². The Kier molecular flexibility index (Phi) is 4.85. The van der Waals surface area contributed by atoms with Crippen LogP contribution in [0.3, 0.4) is 0 Å². The highest BCUT2D eigenvalue weighted by atomic mass is 32.1. The number of carbonyl (C=O) groups is 1. The van der Waals surface area contributed by atoms with E-state index in [-0.39, 0.29) is 12.1 Å². The highest BCUT2D eigenvalue weighted by molar-refractivity contribution is 7.09. The van der Waals surface area contributed by atoms with Crippen LogP contribution in [0.2, 0.25) is 0 Å². The summed E-state index contributed by atoms with van der Waals surface area (Å²) in [4.78, 5) is 15.2. The number of thiophene rings is 1. The average Bonchev–Trinajstić information content (AvgIpc) is 3.07. The largest absolute Gasteiger partial charge is 0.471 e. The van der Waals surface area contributed by atoms with Crippen LogP contribution < -0.4 is 10.1 Å². The molecule has 0 aromatic carbocycles. The molecule has 2 aromatic rings. The van der Waals surface area contributed by atoms with E-state index in [0.717, 1.165) is 24.3 Å². The average molecular weight is 318 g/mol. The van der Waals surface area contributed by atoms with Crippen LogP contribution in [0.4, 0.5) is 4.79 Å². The van der Waals surface area contributed by atoms with Crippen LogP contribution in [-0.4, -0.2) is 40.3 Å². The van der Waals surface area contributed by atoms with Crippen LogP contribution >= 0.6 is 11.3 Å². The fraction of sp³-hybridized carbons (Fsp3) is 0.400. The number of nitrogens with one attached hydrogen (secondary N) is 1. The van der Waals surface area contributed by atoms with Crippen molar-refractivity contribution in [3.63, 3.8) is 0 Å². The number of nitrogens with zero attached hydrogens (tertiary/aromatic N) is 3. The van der Waals surface area contributed by atoms with Gasteiger partial charge in [-0.05, 0) is 30.4 Å². The predicted octanol–water partition coefficient (Wildman–Crippen LogP) is 2.29. The van der Waals surface area contributed by atoms with E-state index in [4.69, 9.17) is 4.74 Å². The van der Waals surface area contributed by atoms with E-state index in [1.807, 2.05) is 17.5 Å². The van der Waals surface area contributed by atoms with Crippen molar-refractivity contribution in [3.05, 3.63) is 40.7 Å². The third-order valence-corrected chi connectivity index (χ3v) is 4.37. The zero-order chi connectivity index (χ0) is 15.2. The van der Waals surface area contributed by atoms with Gasteiger partial charge in [0.25, 0.3) is 0 Å². The zero-order valence-corrected chi connectivity index (χ0v) is 13.0. The minimum atomic E-state index is -0.0409. The number of ether oxygens (including phenoxy) is 1. The molecule has 1 atom stereocenters. The molecule has 2 amide bonds. The van der Waals surface area contributed by atoms with Gasteiger partial charge in [0.05, 0.1) is 13.1 Å². The summed E-state index contributed by atoms with van der Waals surface area (Å²) in [5.74, 6) is 0.508. The molecule has 3 heterocycles. The summed E-state index contributed by atoms with van der Waals surface area (Å²) < 4.78 is 5.79. The molecule has 1 fully saturated rings. The molecule has 1 aliphatic heterocycles. The Labute approximate surface area is 133 Å². The van der Waals surface area contributed by atoms with Crippen LogP contribution in [0.5, 0.6) is 5.88 Å². The van der Waals surface area contributed by atoms with Gasteiger partial charge in [-0.2, -0.15) is 5.10 Å². The third kappa shape index (κ3) is 3.94. The molecule has 1 saturated heterocycles. The summed E-state index contributed by atoms with van der Waals surface area (Å²) in [6.07, 6.45) is 3.43. The molecule has 0 unspecified atom stereocenters. The van der Waals surface area contributed by atoms with Crippen LogP contribution in [0.1, 0.15) is 17.7 Å². The van der Waals surface area contributed by atoms with Crippen molar-refractivity contribution in [1.29, 1.82) is 0 Å². The second-order valence-electron chi connectivity index (χ2n) is 5.13. The zero-order valence-electron chi connectivity index (χ0n) is 12.1. The van der Waals surface area contributed by atoms with Gasteiger partial charge < -0.3 is 15.0 Å². The first-order chi connectivity index (χ1) is 10.8. The molecule has 22 heavy (non-hydrogen) atoms. The van der Waals surface area contributed by atoms with Gasteiger partial charge >= 0.3 is 6.03 Å². The van der Waals surface area contributed by atoms with Crippen molar-refractivity contribution in [2.45, 2.75) is 25.5 Å². The fourth-order valence-electron chi connectivity index (χ4n) is 2.43. The van der Waals surface area contributed by atoms with Crippen molar-refractivity contribution < 1.29 is 9.53 Å². The van der Waals surface area contributed by atoms with Gasteiger partial charge in [0.15, 0.2) is 0 Å². The minimum Gasteiger partial charge on any atom is -0.471 e. The van der Waals surface area contributed by atoms with E-state index >= 15 is 0 Å². The highest BCUT2D eigenvalue weighted by Gasteiger charge is 2.25. The molecule has 116 valence electrons. The van der Waals surface area contributed by atoms with Gasteiger partial charge in [-0.15, -0.1) is 16.4 Å². The van der Waals surface area contributed by atoms with Crippen LogP contribution in [-0.2, 0) is 6.54 Å². The van der Waals surface area contributed by atoms with Gasteiger partial charge in [-0.1, -0.05) is 6.07 Å². The number of urea groups is 1. The Balaban J connectivity index is 1.50. The predicted molar refractivity (Wildman–Crippen MR) is 83.8 cm³/mol. The highest BCUT2D eigenvalue weighted by Crippen LogP contribution is 2.16. The molecule has 1 N–H and O–H groups in total. The van der Waals surface area contributed by atoms with Gasteiger partial charge in [-0.25, -0.2) is 4.79 Å². The van der Waals surface area contributed by atoms with Crippen molar-refractivity contribution in [1.82, 2.24) is 20.4 Å². The normalized spacial score (nSPS) is 18.0. The molecule has 1 aliphatic rings. The van der Waals surface area contributed by atoms with E-state index in [1.54, 1.807) is 34.6 Å². The number of hydrogen-bond donors (Lipinski definition) is 1. The Morgan fingerprint density at radius 2 is 2.41 bits per heavy atom. The molecule has 0 spiro atoms. The maximum Gasteiger partial charge on any atom is 0.317 e. The summed E-state index contributed by atoms with van der Waals surface area (Å²) in [6, 6.07) is 7.53. The third-order valence-electron chi connectivity index (χ3n) is 3.49. The number of piperidine rings is 1. The lowest BCUT2D eigenvalue weighted by Crippen LogP contribution is -2.48. The summed E-state index contributed by atoms with van der Waals surface area (Å²) in [5.41, 5.74) is 0. The molecule has 7 heteroatoms. The Morgan fingerprint density at radius 3 is 3.18 bits per heavy atom. The number of hydrogen-bond acceptors (Lipinski definition) is 5. The molecule has 0 bridgehead atoms. The summed E-state index contributed by atoms with van der Waals surface area (Å²) in [5, 5.41) is 12.7. The van der Waals surface area contributed by atoms with Crippen molar-refractivity contribution >= 4 is 17.4 Å². The van der Waals surface area contributed by atoms with Gasteiger partial charge in [-0.3, -0.25) is 0 Å². The minimum absolute atomic E-state index is 0.0297. The number of carbonyl (C=O) groups excluding carboxylic acids is 1. The number of amides is 2. The maximum absolute atomic E-state index is 12.2. The van der Waals surface area contributed by atoms with E-state index in [2.05, 4.69) is 15.5 Å². The summed E-state index contributed by atoms with van der Waals surface area (Å²) >= 11 is 1.64. The van der Waals surface area contributed by atoms with Gasteiger partial charge in [0, 0.05) is 23.7 Å². The molecule has 3 rings (SSSR count). The number of likely N-dealkylation sites (tertiary alicyclic amines) is 1. The molecule has 2 aromatic heterocycles. The van der Waals surface area contributed by atoms with Crippen LogP contribution in [0, 0.1) is 0 Å². The van der Waals surface area contributed by atoms with Crippen molar-refractivity contribution in [2.75, 3.05) is 13.1 Å². The lowest BCUT2D eigenvalue weighted by Gasteiger charge is -2.32. The van der Waals surface area contributed by atoms with Gasteiger partial charge in [0.2, 0.25) is 5.88 Å². The Morgan fingerprint density at radius 1 is 1.45 bits per heavy atom. The molecular weight excluding hydrogens is 300 g/mol. The second-order valence-corrected chi connectivity index (χ2v) is 6.16. The lowest BCUT2D eigenvalue weighted by atomic mass is 10.1. The van der Waals surface area contributed by atoms with Crippen molar-refractivity contribution in [2.24, 2.45) is 0 Å². The lowest BCUT2D eigenvalue weighted by molar-refractivity contribution is 0.0969. The van der Waals surface area contributed by atoms with E-state index < -0.39 is 0 Å². The standard InChI is InChI=1S/C15H18N4O2S/c20-15(16-10-13-5-3-9-22-13)19-8-2-4-12(11-19)21-14-6-1-7-17-18-14/h1,3,5-7,9,12H,2,4,8,10-11H2,(H,16,20)/t12-/m0/s1. The van der Waals surface area contributed by atoms with Crippen LogP contribution in [0.15, 0.2) is 35.8 Å².